The van der Waals surface area contributed by atoms with Crippen molar-refractivity contribution in [1.82, 2.24) is 0 Å². The predicted octanol–water partition coefficient (Wildman–Crippen LogP) is 26.9. The van der Waals surface area contributed by atoms with Gasteiger partial charge in [-0.1, -0.05) is 243 Å². The van der Waals surface area contributed by atoms with Crippen molar-refractivity contribution in [3.05, 3.63) is 340 Å². The quantitative estimate of drug-likeness (QED) is 0.129. The van der Waals surface area contributed by atoms with Crippen LogP contribution in [0, 0.1) is 0 Å². The van der Waals surface area contributed by atoms with Gasteiger partial charge in [-0.15, -0.1) is 0 Å². The Morgan fingerprint density at radius 3 is 1.20 bits per heavy atom. The largest absolute Gasteiger partial charge is 0.456 e. The summed E-state index contributed by atoms with van der Waals surface area (Å²) in [6, 6.07) is 122. The minimum absolute atomic E-state index is 0.800. The van der Waals surface area contributed by atoms with Crippen LogP contribution in [0.2, 0.25) is 0 Å². The number of hydrogen-bond donors (Lipinski definition) is 0. The Balaban J connectivity index is 0.774. The molecule has 4 aromatic heterocycles. The van der Waals surface area contributed by atoms with E-state index in [2.05, 4.69) is 331 Å². The average molecular weight is 1250 g/mol. The Labute approximate surface area is 562 Å². The van der Waals surface area contributed by atoms with Crippen LogP contribution in [-0.4, -0.2) is 0 Å². The van der Waals surface area contributed by atoms with Crippen LogP contribution >= 0.6 is 0 Å². The van der Waals surface area contributed by atoms with Gasteiger partial charge in [0.1, 0.15) is 44.7 Å². The van der Waals surface area contributed by atoms with Crippen LogP contribution in [0.1, 0.15) is 0 Å². The van der Waals surface area contributed by atoms with Gasteiger partial charge in [-0.2, -0.15) is 0 Å². The second-order valence-electron chi connectivity index (χ2n) is 25.3. The maximum atomic E-state index is 7.26. The highest BCUT2D eigenvalue weighted by Crippen LogP contribution is 2.54. The SMILES string of the molecule is c1cc(-c2cccc3ccccc23)cc(N(c2ccccc2-c2cccc3oc4ccccc4c23)c2ccc(-c3ccc4c(-c5ccccc5N(c5ccccc5-c5cccc6oc7ccccc7c56)c5cccc6oc7ccccc7c56)cccc4c3)c3oc4ccccc4c23)c1. The van der Waals surface area contributed by atoms with Gasteiger partial charge in [0.15, 0.2) is 0 Å². The molecule has 0 amide bonds. The fourth-order valence-corrected chi connectivity index (χ4v) is 15.6. The first-order valence-corrected chi connectivity index (χ1v) is 33.3. The summed E-state index contributed by atoms with van der Waals surface area (Å²) in [7, 11) is 0. The number of benzene rings is 16. The van der Waals surface area contributed by atoms with Gasteiger partial charge in [0.05, 0.1) is 39.2 Å². The second kappa shape index (κ2) is 22.2. The zero-order valence-electron chi connectivity index (χ0n) is 52.9. The van der Waals surface area contributed by atoms with Crippen molar-refractivity contribution < 1.29 is 17.7 Å². The fourth-order valence-electron chi connectivity index (χ4n) is 15.6. The van der Waals surface area contributed by atoms with Gasteiger partial charge in [0.2, 0.25) is 0 Å². The van der Waals surface area contributed by atoms with Gasteiger partial charge in [-0.05, 0) is 152 Å². The number of furan rings is 4. The first-order valence-electron chi connectivity index (χ1n) is 33.3. The average Bonchev–Trinajstić information content (AvgIpc) is 1.46. The number of rotatable bonds is 11. The van der Waals surface area contributed by atoms with Crippen LogP contribution in [0.3, 0.4) is 0 Å². The Morgan fingerprint density at radius 1 is 0.184 bits per heavy atom. The van der Waals surface area contributed by atoms with Crippen molar-refractivity contribution in [1.29, 1.82) is 0 Å². The highest BCUT2D eigenvalue weighted by atomic mass is 16.3. The summed E-state index contributed by atoms with van der Waals surface area (Å²) in [5, 5.41) is 13.0. The molecule has 20 aromatic rings. The van der Waals surface area contributed by atoms with E-state index < -0.39 is 0 Å². The lowest BCUT2D eigenvalue weighted by atomic mass is 9.92. The third-order valence-electron chi connectivity index (χ3n) is 19.9. The van der Waals surface area contributed by atoms with E-state index in [1.807, 2.05) is 18.2 Å². The predicted molar refractivity (Wildman–Crippen MR) is 407 cm³/mol. The van der Waals surface area contributed by atoms with Crippen LogP contribution in [-0.2, 0) is 0 Å². The summed E-state index contributed by atoms with van der Waals surface area (Å²) in [4.78, 5) is 4.89. The molecule has 0 aliphatic heterocycles. The Morgan fingerprint density at radius 2 is 0.571 bits per heavy atom. The van der Waals surface area contributed by atoms with Crippen LogP contribution < -0.4 is 9.80 Å². The number of para-hydroxylation sites is 7. The first-order chi connectivity index (χ1) is 48.6. The Kier molecular flexibility index (Phi) is 12.6. The van der Waals surface area contributed by atoms with E-state index in [0.717, 1.165) is 183 Å². The molecule has 0 saturated carbocycles. The second-order valence-corrected chi connectivity index (χ2v) is 25.3. The van der Waals surface area contributed by atoms with Crippen LogP contribution in [0.4, 0.5) is 34.1 Å². The molecular formula is C92H56N2O4. The molecule has 0 atom stereocenters. The lowest BCUT2D eigenvalue weighted by Gasteiger charge is -2.30. The molecule has 6 nitrogen and oxygen atoms in total. The van der Waals surface area contributed by atoms with E-state index in [0.29, 0.717) is 0 Å². The molecule has 0 spiro atoms. The van der Waals surface area contributed by atoms with Gasteiger partial charge in [-0.25, -0.2) is 0 Å². The third-order valence-corrected chi connectivity index (χ3v) is 19.9. The van der Waals surface area contributed by atoms with Crippen LogP contribution in [0.5, 0.6) is 0 Å². The maximum absolute atomic E-state index is 7.26. The summed E-state index contributed by atoms with van der Waals surface area (Å²) in [6.45, 7) is 0. The van der Waals surface area contributed by atoms with E-state index in [-0.39, 0.29) is 0 Å². The van der Waals surface area contributed by atoms with Gasteiger partial charge >= 0.3 is 0 Å². The summed E-state index contributed by atoms with van der Waals surface area (Å²) < 4.78 is 27.0. The van der Waals surface area contributed by atoms with E-state index in [1.54, 1.807) is 0 Å². The summed E-state index contributed by atoms with van der Waals surface area (Å²) >= 11 is 0. The topological polar surface area (TPSA) is 59.0 Å². The highest BCUT2D eigenvalue weighted by molar-refractivity contribution is 6.21. The molecule has 16 aromatic carbocycles. The molecule has 0 aliphatic carbocycles. The lowest BCUT2D eigenvalue weighted by molar-refractivity contribution is 0.668. The first kappa shape index (κ1) is 55.3. The van der Waals surface area contributed by atoms with E-state index >= 15 is 0 Å². The van der Waals surface area contributed by atoms with Crippen molar-refractivity contribution in [3.8, 4) is 55.6 Å². The number of hydrogen-bond acceptors (Lipinski definition) is 6. The molecule has 0 fully saturated rings. The molecule has 6 heteroatoms. The molecule has 20 rings (SSSR count). The minimum atomic E-state index is 0.800. The van der Waals surface area contributed by atoms with E-state index in [1.165, 1.54) is 16.3 Å². The zero-order chi connectivity index (χ0) is 64.4. The van der Waals surface area contributed by atoms with Crippen molar-refractivity contribution >= 4 is 143 Å². The standard InChI is InChI=1S/C92H56N2O4/c1-2-28-62-57(23-1)24-18-36-63(62)59-25-17-27-61(56-59)93(76-40-10-4-30-68(76)70-38-20-48-85-88(70)72-32-6-13-44-81(72)95-85)80-54-53-65(92-91(80)75-35-9-16-47-84(75)98-92)60-51-52-64-58(55-60)26-19-37-66(64)67-29-3-11-41-77(67)94(79-43-22-50-87-90(79)74-34-8-15-46-83(74)97-87)78-42-12-5-31-69(78)71-39-21-49-86-89(71)73-33-7-14-45-82(73)96-86/h1-56H. The molecule has 98 heavy (non-hydrogen) atoms. The molecule has 0 radical (unpaired) electrons. The van der Waals surface area contributed by atoms with Gasteiger partial charge in [-0.3, -0.25) is 0 Å². The molecule has 0 bridgehead atoms. The summed E-state index contributed by atoms with van der Waals surface area (Å²) in [6.07, 6.45) is 0. The smallest absolute Gasteiger partial charge is 0.145 e. The fraction of sp³-hybridized carbons (Fsp3) is 0. The maximum Gasteiger partial charge on any atom is 0.145 e. The number of anilines is 6. The van der Waals surface area contributed by atoms with Gasteiger partial charge in [0, 0.05) is 60.3 Å². The molecular weight excluding hydrogens is 1200 g/mol. The minimum Gasteiger partial charge on any atom is -0.456 e. The third kappa shape index (κ3) is 8.68. The Hall–Kier alpha value is -13.2. The lowest BCUT2D eigenvalue weighted by Crippen LogP contribution is -2.13. The van der Waals surface area contributed by atoms with Crippen molar-refractivity contribution in [2.45, 2.75) is 0 Å². The highest BCUT2D eigenvalue weighted by Gasteiger charge is 2.29. The van der Waals surface area contributed by atoms with Crippen molar-refractivity contribution in [2.75, 3.05) is 9.80 Å². The van der Waals surface area contributed by atoms with Gasteiger partial charge in [0.25, 0.3) is 0 Å². The van der Waals surface area contributed by atoms with E-state index in [4.69, 9.17) is 17.7 Å². The van der Waals surface area contributed by atoms with Crippen LogP contribution in [0.25, 0.3) is 165 Å². The number of fused-ring (bicyclic) bond motifs is 14. The van der Waals surface area contributed by atoms with Gasteiger partial charge < -0.3 is 27.5 Å². The van der Waals surface area contributed by atoms with Crippen LogP contribution in [0.15, 0.2) is 357 Å². The van der Waals surface area contributed by atoms with Crippen molar-refractivity contribution in [3.63, 3.8) is 0 Å². The summed E-state index contributed by atoms with van der Waals surface area (Å²) in [5.41, 5.74) is 23.5. The summed E-state index contributed by atoms with van der Waals surface area (Å²) in [5.74, 6) is 0. The molecule has 0 aliphatic rings. The van der Waals surface area contributed by atoms with Crippen molar-refractivity contribution in [2.24, 2.45) is 0 Å². The molecule has 0 unspecified atom stereocenters. The Bertz CT molecular complexity index is 6610. The normalized spacial score (nSPS) is 11.9. The van der Waals surface area contributed by atoms with E-state index in [9.17, 15) is 0 Å². The molecule has 4 heterocycles. The molecule has 0 saturated heterocycles. The molecule has 0 N–H and O–H groups in total. The monoisotopic (exact) mass is 1250 g/mol. The molecule has 458 valence electrons. The zero-order valence-corrected chi connectivity index (χ0v) is 52.9. The number of nitrogens with zero attached hydrogens (tertiary/aromatic N) is 2.